The monoisotopic (exact) mass is 357 g/mol. The number of piperidine rings is 1. The summed E-state index contributed by atoms with van der Waals surface area (Å²) in [4.78, 5) is 4.37. The Bertz CT molecular complexity index is 384. The molecule has 0 spiro atoms. The van der Waals surface area contributed by atoms with Gasteiger partial charge in [-0.3, -0.25) is 4.99 Å². The SMILES string of the molecule is CS(=O)(=O)N1CCC(N=CC(I)=CN)CC1. The predicted octanol–water partition coefficient (Wildman–Crippen LogP) is 0.716. The zero-order valence-electron chi connectivity index (χ0n) is 9.13. The van der Waals surface area contributed by atoms with E-state index in [0.717, 1.165) is 16.4 Å². The second kappa shape index (κ2) is 5.97. The summed E-state index contributed by atoms with van der Waals surface area (Å²) >= 11 is 2.10. The predicted molar refractivity (Wildman–Crippen MR) is 74.2 cm³/mol. The smallest absolute Gasteiger partial charge is 0.211 e. The lowest BCUT2D eigenvalue weighted by atomic mass is 10.1. The van der Waals surface area contributed by atoms with E-state index in [1.807, 2.05) is 0 Å². The van der Waals surface area contributed by atoms with E-state index in [-0.39, 0.29) is 6.04 Å². The highest BCUT2D eigenvalue weighted by Gasteiger charge is 2.23. The summed E-state index contributed by atoms with van der Waals surface area (Å²) in [6.45, 7) is 1.12. The third-order valence-electron chi connectivity index (χ3n) is 2.46. The average molecular weight is 357 g/mol. The number of nitrogens with two attached hydrogens (primary N) is 1. The summed E-state index contributed by atoms with van der Waals surface area (Å²) in [5.41, 5.74) is 5.32. The molecule has 7 heteroatoms. The van der Waals surface area contributed by atoms with Gasteiger partial charge in [-0.2, -0.15) is 0 Å². The van der Waals surface area contributed by atoms with Crippen LogP contribution in [-0.2, 0) is 10.0 Å². The Kier molecular flexibility index (Phi) is 5.19. The van der Waals surface area contributed by atoms with E-state index in [9.17, 15) is 8.42 Å². The fraction of sp³-hybridized carbons (Fsp3) is 0.667. The van der Waals surface area contributed by atoms with Gasteiger partial charge in [0, 0.05) is 29.1 Å². The third kappa shape index (κ3) is 4.38. The Morgan fingerprint density at radius 2 is 2.06 bits per heavy atom. The Hall–Kier alpha value is -0.150. The molecule has 0 atom stereocenters. The van der Waals surface area contributed by atoms with E-state index >= 15 is 0 Å². The number of aliphatic imine (C=N–C) groups is 1. The number of sulfonamides is 1. The Labute approximate surface area is 110 Å². The van der Waals surface area contributed by atoms with Gasteiger partial charge in [-0.15, -0.1) is 0 Å². The number of allylic oxidation sites excluding steroid dienone is 1. The lowest BCUT2D eigenvalue weighted by Crippen LogP contribution is -2.38. The second-order valence-corrected chi connectivity index (χ2v) is 6.95. The van der Waals surface area contributed by atoms with Crippen molar-refractivity contribution in [3.63, 3.8) is 0 Å². The zero-order valence-corrected chi connectivity index (χ0v) is 12.1. The molecule has 0 amide bonds. The highest BCUT2D eigenvalue weighted by atomic mass is 127. The van der Waals surface area contributed by atoms with Crippen molar-refractivity contribution < 1.29 is 8.42 Å². The van der Waals surface area contributed by atoms with Crippen LogP contribution < -0.4 is 5.73 Å². The molecule has 1 aliphatic heterocycles. The van der Waals surface area contributed by atoms with Gasteiger partial charge in [0.1, 0.15) is 0 Å². The van der Waals surface area contributed by atoms with E-state index < -0.39 is 10.0 Å². The topological polar surface area (TPSA) is 75.8 Å². The molecule has 1 heterocycles. The van der Waals surface area contributed by atoms with Crippen LogP contribution in [0.4, 0.5) is 0 Å². The van der Waals surface area contributed by atoms with Gasteiger partial charge < -0.3 is 5.73 Å². The molecule has 0 saturated carbocycles. The van der Waals surface area contributed by atoms with Crippen LogP contribution in [0.2, 0.25) is 0 Å². The minimum Gasteiger partial charge on any atom is -0.404 e. The maximum Gasteiger partial charge on any atom is 0.211 e. The van der Waals surface area contributed by atoms with Gasteiger partial charge in [-0.1, -0.05) is 0 Å². The van der Waals surface area contributed by atoms with Crippen molar-refractivity contribution >= 4 is 38.8 Å². The first-order valence-corrected chi connectivity index (χ1v) is 7.92. The second-order valence-electron chi connectivity index (χ2n) is 3.72. The van der Waals surface area contributed by atoms with Crippen molar-refractivity contribution in [2.75, 3.05) is 19.3 Å². The fourth-order valence-corrected chi connectivity index (χ4v) is 2.58. The average Bonchev–Trinajstić information content (AvgIpc) is 2.25. The Balaban J connectivity index is 2.47. The molecule has 0 bridgehead atoms. The van der Waals surface area contributed by atoms with Crippen molar-refractivity contribution in [2.24, 2.45) is 10.7 Å². The highest BCUT2D eigenvalue weighted by Crippen LogP contribution is 2.16. The van der Waals surface area contributed by atoms with E-state index in [1.165, 1.54) is 16.8 Å². The van der Waals surface area contributed by atoms with Gasteiger partial charge in [0.2, 0.25) is 10.0 Å². The first kappa shape index (κ1) is 13.9. The van der Waals surface area contributed by atoms with Crippen LogP contribution in [0.1, 0.15) is 12.8 Å². The molecule has 0 radical (unpaired) electrons. The van der Waals surface area contributed by atoms with Gasteiger partial charge in [-0.05, 0) is 35.4 Å². The molecule has 0 aromatic carbocycles. The van der Waals surface area contributed by atoms with E-state index in [4.69, 9.17) is 5.73 Å². The van der Waals surface area contributed by atoms with Gasteiger partial charge in [0.15, 0.2) is 0 Å². The van der Waals surface area contributed by atoms with Crippen LogP contribution in [0.25, 0.3) is 0 Å². The van der Waals surface area contributed by atoms with Gasteiger partial charge >= 0.3 is 0 Å². The quantitative estimate of drug-likeness (QED) is 0.597. The lowest BCUT2D eigenvalue weighted by molar-refractivity contribution is 0.323. The van der Waals surface area contributed by atoms with Crippen molar-refractivity contribution in [2.45, 2.75) is 18.9 Å². The van der Waals surface area contributed by atoms with Crippen molar-refractivity contribution in [3.8, 4) is 0 Å². The van der Waals surface area contributed by atoms with Gasteiger partial charge in [-0.25, -0.2) is 12.7 Å². The normalized spacial score (nSPS) is 21.8. The summed E-state index contributed by atoms with van der Waals surface area (Å²) in [5, 5.41) is 0. The summed E-state index contributed by atoms with van der Waals surface area (Å²) in [5.74, 6) is 0. The zero-order chi connectivity index (χ0) is 12.2. The number of hydrogen-bond donors (Lipinski definition) is 1. The Morgan fingerprint density at radius 3 is 2.50 bits per heavy atom. The van der Waals surface area contributed by atoms with E-state index in [1.54, 1.807) is 6.21 Å². The first-order chi connectivity index (χ1) is 7.43. The van der Waals surface area contributed by atoms with Crippen LogP contribution in [0.15, 0.2) is 14.8 Å². The maximum atomic E-state index is 11.3. The molecule has 16 heavy (non-hydrogen) atoms. The van der Waals surface area contributed by atoms with Crippen LogP contribution in [-0.4, -0.2) is 44.3 Å². The molecule has 1 rings (SSSR count). The molecule has 0 aromatic heterocycles. The van der Waals surface area contributed by atoms with E-state index in [0.29, 0.717) is 13.1 Å². The van der Waals surface area contributed by atoms with Crippen molar-refractivity contribution in [1.82, 2.24) is 4.31 Å². The molecule has 1 fully saturated rings. The molecule has 1 saturated heterocycles. The van der Waals surface area contributed by atoms with Crippen LogP contribution in [0.5, 0.6) is 0 Å². The Morgan fingerprint density at radius 1 is 1.50 bits per heavy atom. The molecule has 2 N–H and O–H groups in total. The molecular formula is C9H16IN3O2S. The van der Waals surface area contributed by atoms with Crippen LogP contribution in [0.3, 0.4) is 0 Å². The summed E-state index contributed by atoms with van der Waals surface area (Å²) in [6, 6.07) is 0.211. The number of nitrogens with zero attached hydrogens (tertiary/aromatic N) is 2. The number of rotatable bonds is 3. The number of halogens is 1. The number of hydrogen-bond acceptors (Lipinski definition) is 4. The first-order valence-electron chi connectivity index (χ1n) is 4.99. The summed E-state index contributed by atoms with van der Waals surface area (Å²) < 4.78 is 24.9. The molecule has 92 valence electrons. The summed E-state index contributed by atoms with van der Waals surface area (Å²) in [7, 11) is -3.04. The fourth-order valence-electron chi connectivity index (χ4n) is 1.54. The summed E-state index contributed by atoms with van der Waals surface area (Å²) in [6.07, 6.45) is 6.03. The molecule has 0 aliphatic carbocycles. The van der Waals surface area contributed by atoms with Crippen molar-refractivity contribution in [3.05, 3.63) is 9.78 Å². The largest absolute Gasteiger partial charge is 0.404 e. The standard InChI is InChI=1S/C9H16IN3O2S/c1-16(14,15)13-4-2-9(3-5-13)12-7-8(10)6-11/h6-7,9H,2-5,11H2,1H3. The van der Waals surface area contributed by atoms with Gasteiger partial charge in [0.25, 0.3) is 0 Å². The minimum absolute atomic E-state index is 0.211. The van der Waals surface area contributed by atoms with Crippen LogP contribution in [0, 0.1) is 0 Å². The molecular weight excluding hydrogens is 341 g/mol. The minimum atomic E-state index is -3.04. The molecule has 5 nitrogen and oxygen atoms in total. The highest BCUT2D eigenvalue weighted by molar-refractivity contribution is 14.1. The molecule has 0 aromatic rings. The maximum absolute atomic E-state index is 11.3. The van der Waals surface area contributed by atoms with Gasteiger partial charge in [0.05, 0.1) is 12.3 Å². The van der Waals surface area contributed by atoms with Crippen LogP contribution >= 0.6 is 22.6 Å². The molecule has 1 aliphatic rings. The lowest BCUT2D eigenvalue weighted by Gasteiger charge is -2.28. The molecule has 0 unspecified atom stereocenters. The third-order valence-corrected chi connectivity index (χ3v) is 4.40. The van der Waals surface area contributed by atoms with Crippen molar-refractivity contribution in [1.29, 1.82) is 0 Å². The van der Waals surface area contributed by atoms with E-state index in [2.05, 4.69) is 27.6 Å².